The van der Waals surface area contributed by atoms with Crippen LogP contribution in [0.5, 0.6) is 5.75 Å². The van der Waals surface area contributed by atoms with E-state index in [-0.39, 0.29) is 0 Å². The number of anilines is 3. The fourth-order valence-electron chi connectivity index (χ4n) is 2.39. The molecule has 3 rings (SSSR count). The Hall–Kier alpha value is -2.79. The van der Waals surface area contributed by atoms with Crippen LogP contribution in [0.4, 0.5) is 17.3 Å². The van der Waals surface area contributed by atoms with E-state index in [1.807, 2.05) is 36.4 Å². The van der Waals surface area contributed by atoms with Gasteiger partial charge in [0.1, 0.15) is 23.7 Å². The maximum Gasteiger partial charge on any atom is 0.137 e. The van der Waals surface area contributed by atoms with Gasteiger partial charge in [-0.25, -0.2) is 9.97 Å². The van der Waals surface area contributed by atoms with Gasteiger partial charge in [-0.15, -0.1) is 0 Å². The second-order valence-corrected chi connectivity index (χ2v) is 5.83. The van der Waals surface area contributed by atoms with Crippen LogP contribution in [0.2, 0.25) is 5.02 Å². The Balaban J connectivity index is 1.60. The molecule has 0 saturated heterocycles. The van der Waals surface area contributed by atoms with Gasteiger partial charge in [-0.3, -0.25) is 0 Å². The first kappa shape index (κ1) is 17.0. The molecule has 0 bridgehead atoms. The summed E-state index contributed by atoms with van der Waals surface area (Å²) in [6.45, 7) is 0.800. The molecule has 2 aromatic carbocycles. The summed E-state index contributed by atoms with van der Waals surface area (Å²) >= 11 is 6.14. The maximum atomic E-state index is 6.14. The van der Waals surface area contributed by atoms with Crippen molar-refractivity contribution in [3.63, 3.8) is 0 Å². The second kappa shape index (κ2) is 8.35. The van der Waals surface area contributed by atoms with E-state index in [9.17, 15) is 0 Å². The quantitative estimate of drug-likeness (QED) is 0.652. The summed E-state index contributed by atoms with van der Waals surface area (Å²) in [5.74, 6) is 2.10. The monoisotopic (exact) mass is 354 g/mol. The van der Waals surface area contributed by atoms with Gasteiger partial charge in [-0.2, -0.15) is 0 Å². The highest BCUT2D eigenvalue weighted by Gasteiger charge is 2.04. The van der Waals surface area contributed by atoms with Crippen molar-refractivity contribution in [1.29, 1.82) is 0 Å². The number of hydrogen-bond donors (Lipinski definition) is 2. The zero-order chi connectivity index (χ0) is 17.5. The fraction of sp³-hybridized carbons (Fsp3) is 0.158. The van der Waals surface area contributed by atoms with Gasteiger partial charge >= 0.3 is 0 Å². The lowest BCUT2D eigenvalue weighted by molar-refractivity contribution is 0.415. The van der Waals surface area contributed by atoms with Crippen LogP contribution in [0, 0.1) is 0 Å². The number of nitrogens with zero attached hydrogens (tertiary/aromatic N) is 2. The normalized spacial score (nSPS) is 10.3. The van der Waals surface area contributed by atoms with Crippen molar-refractivity contribution in [2.75, 3.05) is 24.3 Å². The molecule has 0 spiro atoms. The minimum Gasteiger partial charge on any atom is -0.495 e. The van der Waals surface area contributed by atoms with Crippen LogP contribution in [0.3, 0.4) is 0 Å². The zero-order valence-electron chi connectivity index (χ0n) is 13.9. The minimum atomic E-state index is 0.544. The van der Waals surface area contributed by atoms with Crippen LogP contribution in [-0.2, 0) is 6.42 Å². The fourth-order valence-corrected chi connectivity index (χ4v) is 2.65. The molecule has 0 amide bonds. The summed E-state index contributed by atoms with van der Waals surface area (Å²) in [6, 6.07) is 17.7. The molecule has 2 N–H and O–H groups in total. The third-order valence-electron chi connectivity index (χ3n) is 3.65. The molecule has 0 radical (unpaired) electrons. The van der Waals surface area contributed by atoms with Gasteiger partial charge in [0.25, 0.3) is 0 Å². The first-order valence-electron chi connectivity index (χ1n) is 7.95. The van der Waals surface area contributed by atoms with E-state index in [2.05, 4.69) is 32.7 Å². The average Bonchev–Trinajstić information content (AvgIpc) is 2.63. The number of rotatable bonds is 7. The Labute approximate surface area is 152 Å². The highest BCUT2D eigenvalue weighted by atomic mass is 35.5. The van der Waals surface area contributed by atoms with Crippen LogP contribution in [0.25, 0.3) is 0 Å². The van der Waals surface area contributed by atoms with Gasteiger partial charge in [0.15, 0.2) is 0 Å². The number of methoxy groups -OCH3 is 1. The minimum absolute atomic E-state index is 0.544. The lowest BCUT2D eigenvalue weighted by Crippen LogP contribution is -2.07. The highest BCUT2D eigenvalue weighted by molar-refractivity contribution is 6.32. The van der Waals surface area contributed by atoms with Gasteiger partial charge in [-0.05, 0) is 30.2 Å². The highest BCUT2D eigenvalue weighted by Crippen LogP contribution is 2.28. The molecule has 3 aromatic rings. The molecular weight excluding hydrogens is 336 g/mol. The van der Waals surface area contributed by atoms with E-state index in [0.29, 0.717) is 16.6 Å². The Kier molecular flexibility index (Phi) is 5.69. The van der Waals surface area contributed by atoms with Crippen LogP contribution < -0.4 is 15.4 Å². The number of benzene rings is 2. The predicted octanol–water partition coefficient (Wildman–Crippen LogP) is 4.54. The molecule has 0 fully saturated rings. The third kappa shape index (κ3) is 4.84. The molecule has 5 nitrogen and oxygen atoms in total. The summed E-state index contributed by atoms with van der Waals surface area (Å²) in [4.78, 5) is 8.49. The van der Waals surface area contributed by atoms with Crippen molar-refractivity contribution in [3.8, 4) is 5.75 Å². The smallest absolute Gasteiger partial charge is 0.137 e. The molecule has 128 valence electrons. The van der Waals surface area contributed by atoms with Crippen LogP contribution in [0.15, 0.2) is 60.9 Å². The summed E-state index contributed by atoms with van der Waals surface area (Å²) in [5, 5.41) is 7.07. The van der Waals surface area contributed by atoms with Crippen LogP contribution in [-0.4, -0.2) is 23.6 Å². The van der Waals surface area contributed by atoms with Gasteiger partial charge in [0, 0.05) is 18.3 Å². The standard InChI is InChI=1S/C19H19ClN4O/c1-25-17-8-7-15(11-16(17)20)24-19-12-18(22-13-23-19)21-10-9-14-5-3-2-4-6-14/h2-8,11-13H,9-10H2,1H3,(H2,21,22,23,24). The summed E-state index contributed by atoms with van der Waals surface area (Å²) in [5.41, 5.74) is 2.12. The van der Waals surface area contributed by atoms with E-state index in [1.165, 1.54) is 11.9 Å². The van der Waals surface area contributed by atoms with Crippen molar-refractivity contribution in [2.24, 2.45) is 0 Å². The van der Waals surface area contributed by atoms with Crippen molar-refractivity contribution in [1.82, 2.24) is 9.97 Å². The van der Waals surface area contributed by atoms with Gasteiger partial charge < -0.3 is 15.4 Å². The second-order valence-electron chi connectivity index (χ2n) is 5.43. The third-order valence-corrected chi connectivity index (χ3v) is 3.95. The number of halogens is 1. The largest absolute Gasteiger partial charge is 0.495 e. The predicted molar refractivity (Wildman–Crippen MR) is 102 cm³/mol. The Morgan fingerprint density at radius 1 is 1.00 bits per heavy atom. The summed E-state index contributed by atoms with van der Waals surface area (Å²) in [7, 11) is 1.59. The first-order chi connectivity index (χ1) is 12.2. The van der Waals surface area contributed by atoms with Gasteiger partial charge in [0.05, 0.1) is 12.1 Å². The van der Waals surface area contributed by atoms with Crippen LogP contribution in [0.1, 0.15) is 5.56 Å². The van der Waals surface area contributed by atoms with Crippen LogP contribution >= 0.6 is 11.6 Å². The van der Waals surface area contributed by atoms with E-state index >= 15 is 0 Å². The molecule has 0 atom stereocenters. The molecule has 0 saturated carbocycles. The lowest BCUT2D eigenvalue weighted by Gasteiger charge is -2.10. The molecule has 0 aliphatic rings. The summed E-state index contributed by atoms with van der Waals surface area (Å²) in [6.07, 6.45) is 2.46. The zero-order valence-corrected chi connectivity index (χ0v) is 14.6. The maximum absolute atomic E-state index is 6.14. The molecule has 1 aromatic heterocycles. The number of nitrogens with one attached hydrogen (secondary N) is 2. The van der Waals surface area contributed by atoms with E-state index < -0.39 is 0 Å². The van der Waals surface area contributed by atoms with Crippen molar-refractivity contribution in [3.05, 3.63) is 71.5 Å². The van der Waals surface area contributed by atoms with Gasteiger partial charge in [-0.1, -0.05) is 41.9 Å². The first-order valence-corrected chi connectivity index (χ1v) is 8.33. The van der Waals surface area contributed by atoms with Crippen molar-refractivity contribution >= 4 is 28.9 Å². The SMILES string of the molecule is COc1ccc(Nc2cc(NCCc3ccccc3)ncn2)cc1Cl. The Morgan fingerprint density at radius 3 is 2.56 bits per heavy atom. The topological polar surface area (TPSA) is 59.1 Å². The van der Waals surface area contributed by atoms with E-state index in [1.54, 1.807) is 13.2 Å². The molecular formula is C19H19ClN4O. The van der Waals surface area contributed by atoms with E-state index in [0.717, 1.165) is 24.5 Å². The molecule has 6 heteroatoms. The number of ether oxygens (including phenoxy) is 1. The van der Waals surface area contributed by atoms with Gasteiger partial charge in [0.2, 0.25) is 0 Å². The molecule has 0 aliphatic carbocycles. The number of aromatic nitrogens is 2. The molecule has 1 heterocycles. The molecule has 25 heavy (non-hydrogen) atoms. The Morgan fingerprint density at radius 2 is 1.80 bits per heavy atom. The van der Waals surface area contributed by atoms with E-state index in [4.69, 9.17) is 16.3 Å². The lowest BCUT2D eigenvalue weighted by atomic mass is 10.1. The van der Waals surface area contributed by atoms with Crippen molar-refractivity contribution < 1.29 is 4.74 Å². The molecule has 0 aliphatic heterocycles. The summed E-state index contributed by atoms with van der Waals surface area (Å²) < 4.78 is 5.15. The Bertz CT molecular complexity index is 827. The number of hydrogen-bond acceptors (Lipinski definition) is 5. The average molecular weight is 355 g/mol. The van der Waals surface area contributed by atoms with Crippen molar-refractivity contribution in [2.45, 2.75) is 6.42 Å². The molecule has 0 unspecified atom stereocenters.